The molecule has 1 aliphatic heterocycles. The van der Waals surface area contributed by atoms with Crippen LogP contribution in [0, 0.1) is 27.7 Å². The number of fused-ring (bicyclic) bond motifs is 4. The molecule has 0 unspecified atom stereocenters. The van der Waals surface area contributed by atoms with Crippen LogP contribution < -0.4 is 4.74 Å². The summed E-state index contributed by atoms with van der Waals surface area (Å²) in [7, 11) is 0. The predicted octanol–water partition coefficient (Wildman–Crippen LogP) is 2.88. The third-order valence-electron chi connectivity index (χ3n) is 11.7. The molecule has 1 fully saturated rings. The number of hydrogen-bond donors (Lipinski definition) is 9. The number of carboxylic acid groups (broad SMARTS) is 2. The molecule has 17 nitrogen and oxygen atoms in total. The Kier molecular flexibility index (Phi) is 9.88. The van der Waals surface area contributed by atoms with Gasteiger partial charge in [0.1, 0.15) is 58.5 Å². The highest BCUT2D eigenvalue weighted by molar-refractivity contribution is 6.18. The van der Waals surface area contributed by atoms with E-state index in [2.05, 4.69) is 0 Å². The molecular formula is C42H40O17. The summed E-state index contributed by atoms with van der Waals surface area (Å²) >= 11 is 0. The summed E-state index contributed by atoms with van der Waals surface area (Å²) in [5.74, 6) is -6.85. The van der Waals surface area contributed by atoms with E-state index in [-0.39, 0.29) is 61.2 Å². The molecule has 1 saturated heterocycles. The molecule has 0 spiro atoms. The summed E-state index contributed by atoms with van der Waals surface area (Å²) in [4.78, 5) is 66.6. The number of aryl methyl sites for hydroxylation is 2. The second-order valence-corrected chi connectivity index (χ2v) is 15.2. The standard InChI is InChI=1S/C42H40O17/c1-14-7-9-18-29(31(14)45)34(48)25-16(3)27(38(52)53)22(44)11-20(25)41(18,5)58-59-42(6)19-10-8-15(2)32(46)30(19)35(49)26-17(4)28(39(54)55)23(12-21(26)42)56-40-37(51)36(50)33(47)24(13-43)57-40/h7-12,24,33,36-37,40,43-47,50-51H,13H2,1-6H3,(H,52,53)(H,54,55)/t24-,33-,36-,37-,40-,41+,42+/m0/s1. The summed E-state index contributed by atoms with van der Waals surface area (Å²) in [5.41, 5.74) is -6.08. The van der Waals surface area contributed by atoms with Gasteiger partial charge in [0, 0.05) is 33.4 Å². The van der Waals surface area contributed by atoms with Crippen LogP contribution in [0.2, 0.25) is 0 Å². The van der Waals surface area contributed by atoms with Gasteiger partial charge in [0.25, 0.3) is 0 Å². The van der Waals surface area contributed by atoms with Gasteiger partial charge in [0.2, 0.25) is 6.29 Å². The van der Waals surface area contributed by atoms with E-state index >= 15 is 0 Å². The highest BCUT2D eigenvalue weighted by atomic mass is 17.2. The zero-order chi connectivity index (χ0) is 43.4. The lowest BCUT2D eigenvalue weighted by atomic mass is 9.71. The first kappa shape index (κ1) is 41.2. The minimum Gasteiger partial charge on any atom is -0.507 e. The van der Waals surface area contributed by atoms with E-state index in [9.17, 15) is 65.1 Å². The molecule has 4 aromatic carbocycles. The average molecular weight is 817 g/mol. The number of ether oxygens (including phenoxy) is 2. The molecule has 0 bridgehead atoms. The minimum absolute atomic E-state index is 0.00213. The third kappa shape index (κ3) is 5.88. The maximum atomic E-state index is 14.5. The predicted molar refractivity (Wildman–Crippen MR) is 200 cm³/mol. The van der Waals surface area contributed by atoms with Gasteiger partial charge in [-0.15, -0.1) is 0 Å². The van der Waals surface area contributed by atoms with Gasteiger partial charge in [-0.3, -0.25) is 9.59 Å². The van der Waals surface area contributed by atoms with Crippen molar-refractivity contribution in [3.63, 3.8) is 0 Å². The van der Waals surface area contributed by atoms with Crippen LogP contribution in [0.15, 0.2) is 36.4 Å². The molecule has 59 heavy (non-hydrogen) atoms. The number of aromatic hydroxyl groups is 3. The van der Waals surface area contributed by atoms with Crippen LogP contribution in [-0.2, 0) is 25.7 Å². The lowest BCUT2D eigenvalue weighted by Crippen LogP contribution is -2.60. The van der Waals surface area contributed by atoms with Crippen molar-refractivity contribution in [3.05, 3.63) is 114 Å². The molecule has 3 aliphatic rings. The number of carbonyl (C=O) groups excluding carboxylic acids is 2. The third-order valence-corrected chi connectivity index (χ3v) is 11.7. The number of aliphatic hydroxyl groups is 4. The quantitative estimate of drug-likeness (QED) is 0.0913. The van der Waals surface area contributed by atoms with Gasteiger partial charge in [0.15, 0.2) is 22.8 Å². The first-order valence-corrected chi connectivity index (χ1v) is 18.2. The minimum atomic E-state index is -2.03. The molecule has 4 aromatic rings. The zero-order valence-corrected chi connectivity index (χ0v) is 32.3. The number of phenolic OH excluding ortho intramolecular Hbond substituents is 2. The van der Waals surface area contributed by atoms with Crippen molar-refractivity contribution in [2.75, 3.05) is 6.61 Å². The second-order valence-electron chi connectivity index (χ2n) is 15.2. The zero-order valence-electron chi connectivity index (χ0n) is 32.3. The number of benzene rings is 4. The van der Waals surface area contributed by atoms with E-state index in [4.69, 9.17) is 19.2 Å². The van der Waals surface area contributed by atoms with Crippen LogP contribution in [0.5, 0.6) is 23.0 Å². The number of ketones is 2. The van der Waals surface area contributed by atoms with Crippen molar-refractivity contribution in [2.45, 2.75) is 83.5 Å². The van der Waals surface area contributed by atoms with Gasteiger partial charge < -0.3 is 55.4 Å². The first-order chi connectivity index (χ1) is 27.6. The highest BCUT2D eigenvalue weighted by Gasteiger charge is 2.52. The molecule has 1 heterocycles. The molecule has 0 amide bonds. The number of aliphatic hydroxyl groups excluding tert-OH is 4. The van der Waals surface area contributed by atoms with Gasteiger partial charge in [-0.2, -0.15) is 0 Å². The number of carboxylic acids is 2. The van der Waals surface area contributed by atoms with Crippen LogP contribution in [0.4, 0.5) is 0 Å². The molecule has 2 aliphatic carbocycles. The van der Waals surface area contributed by atoms with Gasteiger partial charge in [-0.05, 0) is 75.9 Å². The fourth-order valence-electron chi connectivity index (χ4n) is 8.38. The SMILES string of the molecule is Cc1ccc2c(c1O)C(=O)c1c(cc(O)c(C(=O)O)c1C)[C@]2(C)OO[C@@]1(C)c2cc(O[C@H]3O[C@@H](CO)[C@H](O)[C@H](O)[C@@H]3O)c(C(=O)O)c(C)c2C(=O)c2c1ccc(C)c2O. The summed E-state index contributed by atoms with van der Waals surface area (Å²) in [6.07, 6.45) is -8.92. The molecule has 9 N–H and O–H groups in total. The normalized spacial score (nSPS) is 25.8. The van der Waals surface area contributed by atoms with E-state index in [1.54, 1.807) is 6.92 Å². The molecule has 0 saturated carbocycles. The van der Waals surface area contributed by atoms with Gasteiger partial charge in [-0.1, -0.05) is 24.3 Å². The lowest BCUT2D eigenvalue weighted by molar-refractivity contribution is -0.399. The Hall–Kier alpha value is -5.92. The van der Waals surface area contributed by atoms with Gasteiger partial charge in [-0.25, -0.2) is 19.4 Å². The van der Waals surface area contributed by atoms with Crippen molar-refractivity contribution in [1.82, 2.24) is 0 Å². The fraction of sp³-hybridized carbons (Fsp3) is 0.333. The lowest BCUT2D eigenvalue weighted by Gasteiger charge is -2.43. The second kappa shape index (κ2) is 14.1. The van der Waals surface area contributed by atoms with Crippen LogP contribution in [0.1, 0.15) is 111 Å². The topological polar surface area (TPSA) is 287 Å². The van der Waals surface area contributed by atoms with Crippen molar-refractivity contribution >= 4 is 23.5 Å². The molecule has 7 rings (SSSR count). The Balaban J connectivity index is 1.46. The van der Waals surface area contributed by atoms with E-state index in [0.29, 0.717) is 5.56 Å². The number of carbonyl (C=O) groups is 4. The summed E-state index contributed by atoms with van der Waals surface area (Å²) in [6.45, 7) is 7.71. The Morgan fingerprint density at radius 1 is 0.661 bits per heavy atom. The van der Waals surface area contributed by atoms with E-state index in [0.717, 1.165) is 12.1 Å². The molecule has 0 radical (unpaired) electrons. The molecular weight excluding hydrogens is 776 g/mol. The number of hydrogen-bond acceptors (Lipinski definition) is 15. The number of rotatable bonds is 8. The van der Waals surface area contributed by atoms with E-state index in [1.165, 1.54) is 58.9 Å². The van der Waals surface area contributed by atoms with E-state index in [1.807, 2.05) is 0 Å². The van der Waals surface area contributed by atoms with Gasteiger partial charge in [0.05, 0.1) is 17.7 Å². The Morgan fingerprint density at radius 3 is 1.58 bits per heavy atom. The fourth-order valence-corrected chi connectivity index (χ4v) is 8.38. The van der Waals surface area contributed by atoms with Crippen LogP contribution in [0.25, 0.3) is 0 Å². The monoisotopic (exact) mass is 816 g/mol. The Morgan fingerprint density at radius 2 is 1.12 bits per heavy atom. The summed E-state index contributed by atoms with van der Waals surface area (Å²) in [6, 6.07) is 8.06. The number of aromatic carboxylic acids is 2. The average Bonchev–Trinajstić information content (AvgIpc) is 3.17. The van der Waals surface area contributed by atoms with Crippen molar-refractivity contribution in [3.8, 4) is 23.0 Å². The molecule has 17 heteroatoms. The van der Waals surface area contributed by atoms with Gasteiger partial charge >= 0.3 is 11.9 Å². The molecule has 310 valence electrons. The largest absolute Gasteiger partial charge is 0.507 e. The maximum absolute atomic E-state index is 14.5. The van der Waals surface area contributed by atoms with Crippen LogP contribution >= 0.6 is 0 Å². The smallest absolute Gasteiger partial charge is 0.339 e. The molecule has 0 aromatic heterocycles. The highest BCUT2D eigenvalue weighted by Crippen LogP contribution is 2.53. The van der Waals surface area contributed by atoms with Crippen LogP contribution in [-0.4, -0.2) is 107 Å². The van der Waals surface area contributed by atoms with Crippen molar-refractivity contribution in [2.24, 2.45) is 0 Å². The van der Waals surface area contributed by atoms with Crippen molar-refractivity contribution < 1.29 is 84.4 Å². The summed E-state index contributed by atoms with van der Waals surface area (Å²) in [5, 5.41) is 95.4. The number of phenols is 3. The maximum Gasteiger partial charge on any atom is 0.339 e. The Labute approximate surface area is 334 Å². The van der Waals surface area contributed by atoms with Crippen LogP contribution in [0.3, 0.4) is 0 Å². The Bertz CT molecular complexity index is 2520. The van der Waals surface area contributed by atoms with Crippen molar-refractivity contribution in [1.29, 1.82) is 0 Å². The van der Waals surface area contributed by atoms with E-state index < -0.39 is 106 Å². The first-order valence-electron chi connectivity index (χ1n) is 18.2. The summed E-state index contributed by atoms with van der Waals surface area (Å²) < 4.78 is 11.4. The molecule has 7 atom stereocenters.